The lowest BCUT2D eigenvalue weighted by atomic mass is 10.2. The minimum Gasteiger partial charge on any atom is -0.325 e. The number of aromatic nitrogens is 3. The maximum atomic E-state index is 5.83. The van der Waals surface area contributed by atoms with Gasteiger partial charge in [0, 0.05) is 12.5 Å². The summed E-state index contributed by atoms with van der Waals surface area (Å²) < 4.78 is 2.11. The molecule has 2 aliphatic carbocycles. The average Bonchev–Trinajstić information content (AvgIpc) is 2.83. The lowest BCUT2D eigenvalue weighted by molar-refractivity contribution is 0.438. The van der Waals surface area contributed by atoms with Crippen molar-refractivity contribution in [2.75, 3.05) is 0 Å². The Morgan fingerprint density at radius 2 is 1.93 bits per heavy atom. The molecule has 2 N–H and O–H groups in total. The van der Waals surface area contributed by atoms with Crippen LogP contribution in [0.4, 0.5) is 0 Å². The zero-order chi connectivity index (χ0) is 10.3. The molecule has 2 aliphatic rings. The smallest absolute Gasteiger partial charge is 0.0903 e. The van der Waals surface area contributed by atoms with Crippen LogP contribution in [0.25, 0.3) is 0 Å². The number of rotatable bonds is 3. The minimum atomic E-state index is 0.573. The lowest BCUT2D eigenvalue weighted by Gasteiger charge is -2.12. The Balaban J connectivity index is 1.92. The molecule has 0 atom stereocenters. The number of hydrogen-bond acceptors (Lipinski definition) is 3. The highest BCUT2D eigenvalue weighted by Gasteiger charge is 2.31. The average molecular weight is 206 g/mol. The van der Waals surface area contributed by atoms with Crippen molar-refractivity contribution < 1.29 is 0 Å². The SMILES string of the molecule is NCc1c(C2CC2)nnn1C1CCCC1. The van der Waals surface area contributed by atoms with E-state index in [4.69, 9.17) is 5.73 Å². The van der Waals surface area contributed by atoms with Crippen LogP contribution in [-0.4, -0.2) is 15.0 Å². The van der Waals surface area contributed by atoms with Crippen molar-refractivity contribution in [2.24, 2.45) is 5.73 Å². The molecule has 1 aromatic rings. The summed E-state index contributed by atoms with van der Waals surface area (Å²) in [6, 6.07) is 0.573. The van der Waals surface area contributed by atoms with Crippen LogP contribution >= 0.6 is 0 Å². The molecule has 4 nitrogen and oxygen atoms in total. The molecule has 0 bridgehead atoms. The van der Waals surface area contributed by atoms with Crippen LogP contribution in [0.1, 0.15) is 61.9 Å². The van der Waals surface area contributed by atoms with Gasteiger partial charge in [-0.1, -0.05) is 18.1 Å². The van der Waals surface area contributed by atoms with Crippen LogP contribution < -0.4 is 5.73 Å². The number of nitrogens with zero attached hydrogens (tertiary/aromatic N) is 3. The Morgan fingerprint density at radius 3 is 2.53 bits per heavy atom. The second kappa shape index (κ2) is 3.59. The highest BCUT2D eigenvalue weighted by Crippen LogP contribution is 2.41. The van der Waals surface area contributed by atoms with E-state index in [-0.39, 0.29) is 0 Å². The Bertz CT molecular complexity index is 347. The van der Waals surface area contributed by atoms with Gasteiger partial charge in [0.25, 0.3) is 0 Å². The molecule has 0 amide bonds. The zero-order valence-corrected chi connectivity index (χ0v) is 9.02. The summed E-state index contributed by atoms with van der Waals surface area (Å²) in [5, 5.41) is 8.64. The Kier molecular flexibility index (Phi) is 2.24. The normalized spacial score (nSPS) is 22.5. The first-order chi connectivity index (χ1) is 7.40. The molecule has 15 heavy (non-hydrogen) atoms. The van der Waals surface area contributed by atoms with E-state index in [0.29, 0.717) is 18.5 Å². The fourth-order valence-corrected chi connectivity index (χ4v) is 2.64. The van der Waals surface area contributed by atoms with Crippen molar-refractivity contribution in [3.05, 3.63) is 11.4 Å². The summed E-state index contributed by atoms with van der Waals surface area (Å²) in [6.45, 7) is 0.593. The molecule has 0 unspecified atom stereocenters. The van der Waals surface area contributed by atoms with Crippen LogP contribution in [0.3, 0.4) is 0 Å². The van der Waals surface area contributed by atoms with Crippen LogP contribution in [0.2, 0.25) is 0 Å². The predicted molar refractivity (Wildman–Crippen MR) is 57.4 cm³/mol. The predicted octanol–water partition coefficient (Wildman–Crippen LogP) is 1.73. The van der Waals surface area contributed by atoms with Crippen LogP contribution in [0, 0.1) is 0 Å². The van der Waals surface area contributed by atoms with Crippen molar-refractivity contribution in [1.82, 2.24) is 15.0 Å². The first kappa shape index (κ1) is 9.33. The monoisotopic (exact) mass is 206 g/mol. The van der Waals surface area contributed by atoms with E-state index in [9.17, 15) is 0 Å². The summed E-state index contributed by atoms with van der Waals surface area (Å²) >= 11 is 0. The standard InChI is InChI=1S/C11H18N4/c12-7-10-11(8-5-6-8)13-14-15(10)9-3-1-2-4-9/h8-9H,1-7,12H2. The van der Waals surface area contributed by atoms with Crippen molar-refractivity contribution >= 4 is 0 Å². The fraction of sp³-hybridized carbons (Fsp3) is 0.818. The van der Waals surface area contributed by atoms with Crippen molar-refractivity contribution in [2.45, 2.75) is 57.0 Å². The summed E-state index contributed by atoms with van der Waals surface area (Å²) in [4.78, 5) is 0. The summed E-state index contributed by atoms with van der Waals surface area (Å²) in [5.74, 6) is 0.665. The highest BCUT2D eigenvalue weighted by molar-refractivity contribution is 5.20. The van der Waals surface area contributed by atoms with E-state index in [1.54, 1.807) is 0 Å². The largest absolute Gasteiger partial charge is 0.325 e. The van der Waals surface area contributed by atoms with Gasteiger partial charge in [0.1, 0.15) is 0 Å². The van der Waals surface area contributed by atoms with Crippen molar-refractivity contribution in [1.29, 1.82) is 0 Å². The van der Waals surface area contributed by atoms with Gasteiger partial charge in [-0.25, -0.2) is 4.68 Å². The number of nitrogens with two attached hydrogens (primary N) is 1. The molecule has 82 valence electrons. The first-order valence-corrected chi connectivity index (χ1v) is 6.04. The van der Waals surface area contributed by atoms with Crippen LogP contribution in [-0.2, 0) is 6.54 Å². The molecule has 0 saturated heterocycles. The Labute approximate surface area is 89.8 Å². The molecular formula is C11H18N4. The molecular weight excluding hydrogens is 188 g/mol. The number of hydrogen-bond donors (Lipinski definition) is 1. The highest BCUT2D eigenvalue weighted by atomic mass is 15.4. The van der Waals surface area contributed by atoms with Gasteiger partial charge in [-0.05, 0) is 25.7 Å². The van der Waals surface area contributed by atoms with Crippen LogP contribution in [0.5, 0.6) is 0 Å². The first-order valence-electron chi connectivity index (χ1n) is 6.04. The maximum Gasteiger partial charge on any atom is 0.0903 e. The molecule has 1 heterocycles. The molecule has 4 heteroatoms. The Hall–Kier alpha value is -0.900. The van der Waals surface area contributed by atoms with E-state index < -0.39 is 0 Å². The van der Waals surface area contributed by atoms with E-state index in [1.807, 2.05) is 0 Å². The fourth-order valence-electron chi connectivity index (χ4n) is 2.64. The minimum absolute atomic E-state index is 0.573. The zero-order valence-electron chi connectivity index (χ0n) is 9.02. The van der Waals surface area contributed by atoms with Gasteiger partial charge in [-0.2, -0.15) is 0 Å². The van der Waals surface area contributed by atoms with Gasteiger partial charge in [0.15, 0.2) is 0 Å². The van der Waals surface area contributed by atoms with E-state index in [2.05, 4.69) is 15.0 Å². The third kappa shape index (κ3) is 1.57. The van der Waals surface area contributed by atoms with E-state index >= 15 is 0 Å². The van der Waals surface area contributed by atoms with Gasteiger partial charge < -0.3 is 5.73 Å². The molecule has 0 radical (unpaired) electrons. The van der Waals surface area contributed by atoms with Gasteiger partial charge >= 0.3 is 0 Å². The molecule has 0 aromatic carbocycles. The summed E-state index contributed by atoms with van der Waals surface area (Å²) in [6.07, 6.45) is 7.70. The quantitative estimate of drug-likeness (QED) is 0.819. The molecule has 0 aliphatic heterocycles. The van der Waals surface area contributed by atoms with Crippen molar-refractivity contribution in [3.8, 4) is 0 Å². The van der Waals surface area contributed by atoms with Gasteiger partial charge in [0.05, 0.1) is 17.4 Å². The third-order valence-electron chi connectivity index (χ3n) is 3.65. The van der Waals surface area contributed by atoms with Gasteiger partial charge in [-0.15, -0.1) is 5.10 Å². The van der Waals surface area contributed by atoms with E-state index in [1.165, 1.54) is 49.9 Å². The van der Waals surface area contributed by atoms with Gasteiger partial charge in [-0.3, -0.25) is 0 Å². The lowest BCUT2D eigenvalue weighted by Crippen LogP contribution is -2.14. The molecule has 2 saturated carbocycles. The second-order valence-corrected chi connectivity index (χ2v) is 4.78. The molecule has 0 spiro atoms. The second-order valence-electron chi connectivity index (χ2n) is 4.78. The molecule has 1 aromatic heterocycles. The maximum absolute atomic E-state index is 5.83. The van der Waals surface area contributed by atoms with E-state index in [0.717, 1.165) is 0 Å². The molecule has 3 rings (SSSR count). The summed E-state index contributed by atoms with van der Waals surface area (Å²) in [5.41, 5.74) is 8.21. The summed E-state index contributed by atoms with van der Waals surface area (Å²) in [7, 11) is 0. The topological polar surface area (TPSA) is 56.7 Å². The third-order valence-corrected chi connectivity index (χ3v) is 3.65. The van der Waals surface area contributed by atoms with Crippen LogP contribution in [0.15, 0.2) is 0 Å². The molecule has 2 fully saturated rings. The Morgan fingerprint density at radius 1 is 1.20 bits per heavy atom. The van der Waals surface area contributed by atoms with Crippen molar-refractivity contribution in [3.63, 3.8) is 0 Å². The van der Waals surface area contributed by atoms with Gasteiger partial charge in [0.2, 0.25) is 0 Å².